The van der Waals surface area contributed by atoms with Crippen LogP contribution in [0.3, 0.4) is 0 Å². The van der Waals surface area contributed by atoms with E-state index in [-0.39, 0.29) is 17.5 Å². The maximum absolute atomic E-state index is 13.2. The summed E-state index contributed by atoms with van der Waals surface area (Å²) < 4.78 is 12.7. The molecule has 1 saturated heterocycles. The van der Waals surface area contributed by atoms with Gasteiger partial charge < -0.3 is 24.7 Å². The highest BCUT2D eigenvalue weighted by atomic mass is 16.5. The number of carbonyl (C=O) groups excluding carboxylic acids is 2. The van der Waals surface area contributed by atoms with Gasteiger partial charge in [-0.05, 0) is 56.3 Å². The molecule has 1 fully saturated rings. The van der Waals surface area contributed by atoms with Crippen molar-refractivity contribution in [1.82, 2.24) is 20.1 Å². The normalized spacial score (nSPS) is 14.6. The molecule has 0 aliphatic carbocycles. The molecule has 3 aromatic rings. The SMILES string of the molecule is CCn1cc(C=C(NC(=O)c2ccc(OC)cc2)C(=O)NCCCN2CCOCC2)c2ccccc21. The fourth-order valence-electron chi connectivity index (χ4n) is 4.33. The van der Waals surface area contributed by atoms with Gasteiger partial charge in [0.15, 0.2) is 0 Å². The number of morpholine rings is 1. The van der Waals surface area contributed by atoms with Gasteiger partial charge in [-0.1, -0.05) is 18.2 Å². The largest absolute Gasteiger partial charge is 0.497 e. The number of benzene rings is 2. The Bertz CT molecular complexity index is 1210. The number of carbonyl (C=O) groups is 2. The van der Waals surface area contributed by atoms with Crippen LogP contribution in [0.15, 0.2) is 60.4 Å². The van der Waals surface area contributed by atoms with Crippen molar-refractivity contribution in [2.75, 3.05) is 46.5 Å². The van der Waals surface area contributed by atoms with Crippen molar-refractivity contribution < 1.29 is 19.1 Å². The van der Waals surface area contributed by atoms with Gasteiger partial charge in [-0.3, -0.25) is 14.5 Å². The number of ether oxygens (including phenoxy) is 2. The van der Waals surface area contributed by atoms with E-state index >= 15 is 0 Å². The van der Waals surface area contributed by atoms with Crippen LogP contribution in [-0.4, -0.2) is 67.8 Å². The Labute approximate surface area is 211 Å². The monoisotopic (exact) mass is 490 g/mol. The topological polar surface area (TPSA) is 84.8 Å². The lowest BCUT2D eigenvalue weighted by Crippen LogP contribution is -2.39. The highest BCUT2D eigenvalue weighted by Crippen LogP contribution is 2.23. The van der Waals surface area contributed by atoms with Crippen LogP contribution < -0.4 is 15.4 Å². The molecular weight excluding hydrogens is 456 g/mol. The lowest BCUT2D eigenvalue weighted by atomic mass is 10.1. The lowest BCUT2D eigenvalue weighted by Gasteiger charge is -2.26. The van der Waals surface area contributed by atoms with Gasteiger partial charge in [0.25, 0.3) is 11.8 Å². The quantitative estimate of drug-likeness (QED) is 0.337. The van der Waals surface area contributed by atoms with Crippen LogP contribution in [0.4, 0.5) is 0 Å². The number of aromatic nitrogens is 1. The van der Waals surface area contributed by atoms with Crippen molar-refractivity contribution in [3.8, 4) is 5.75 Å². The smallest absolute Gasteiger partial charge is 0.267 e. The molecule has 1 aliphatic rings. The number of fused-ring (bicyclic) bond motifs is 1. The Morgan fingerprint density at radius 3 is 2.56 bits per heavy atom. The molecule has 0 unspecified atom stereocenters. The number of nitrogens with one attached hydrogen (secondary N) is 2. The zero-order chi connectivity index (χ0) is 25.3. The molecule has 0 spiro atoms. The molecule has 4 rings (SSSR count). The van der Waals surface area contributed by atoms with Crippen LogP contribution >= 0.6 is 0 Å². The Morgan fingerprint density at radius 1 is 1.08 bits per heavy atom. The maximum atomic E-state index is 13.2. The standard InChI is InChI=1S/C28H34N4O4/c1-3-32-20-22(24-7-4-5-8-26(24)32)19-25(30-27(33)21-9-11-23(35-2)12-10-21)28(34)29-13-6-14-31-15-17-36-18-16-31/h4-5,7-12,19-20H,3,6,13-18H2,1-2H3,(H,29,34)(H,30,33). The second-order valence-corrected chi connectivity index (χ2v) is 8.69. The fourth-order valence-corrected chi connectivity index (χ4v) is 4.33. The number of methoxy groups -OCH3 is 1. The number of nitrogens with zero attached hydrogens (tertiary/aromatic N) is 2. The number of para-hydroxylation sites is 1. The van der Waals surface area contributed by atoms with Gasteiger partial charge in [0.1, 0.15) is 11.4 Å². The Morgan fingerprint density at radius 2 is 1.83 bits per heavy atom. The molecule has 2 heterocycles. The van der Waals surface area contributed by atoms with Crippen molar-refractivity contribution in [3.63, 3.8) is 0 Å². The van der Waals surface area contributed by atoms with Gasteiger partial charge >= 0.3 is 0 Å². The summed E-state index contributed by atoms with van der Waals surface area (Å²) in [6, 6.07) is 14.8. The summed E-state index contributed by atoms with van der Waals surface area (Å²) in [7, 11) is 1.58. The molecule has 0 radical (unpaired) electrons. The minimum Gasteiger partial charge on any atom is -0.497 e. The van der Waals surface area contributed by atoms with E-state index in [1.165, 1.54) is 0 Å². The average molecular weight is 491 g/mol. The third kappa shape index (κ3) is 6.33. The Kier molecular flexibility index (Phi) is 8.76. The van der Waals surface area contributed by atoms with Crippen molar-refractivity contribution >= 4 is 28.8 Å². The summed E-state index contributed by atoms with van der Waals surface area (Å²) in [6.07, 6.45) is 4.59. The second kappa shape index (κ2) is 12.4. The summed E-state index contributed by atoms with van der Waals surface area (Å²) in [5.41, 5.74) is 2.61. The van der Waals surface area contributed by atoms with E-state index in [4.69, 9.17) is 9.47 Å². The highest BCUT2D eigenvalue weighted by Gasteiger charge is 2.17. The summed E-state index contributed by atoms with van der Waals surface area (Å²) in [6.45, 7) is 7.62. The predicted molar refractivity (Wildman–Crippen MR) is 141 cm³/mol. The zero-order valence-corrected chi connectivity index (χ0v) is 21.0. The van der Waals surface area contributed by atoms with Crippen molar-refractivity contribution in [2.24, 2.45) is 0 Å². The fraction of sp³-hybridized carbons (Fsp3) is 0.357. The Balaban J connectivity index is 1.52. The molecule has 8 nitrogen and oxygen atoms in total. The number of amides is 2. The van der Waals surface area contributed by atoms with Crippen LogP contribution in [0.1, 0.15) is 29.3 Å². The predicted octanol–water partition coefficient (Wildman–Crippen LogP) is 3.28. The lowest BCUT2D eigenvalue weighted by molar-refractivity contribution is -0.117. The molecular formula is C28H34N4O4. The van der Waals surface area contributed by atoms with Gasteiger partial charge in [-0.15, -0.1) is 0 Å². The van der Waals surface area contributed by atoms with E-state index in [9.17, 15) is 9.59 Å². The van der Waals surface area contributed by atoms with Crippen LogP contribution in [0.2, 0.25) is 0 Å². The Hall–Kier alpha value is -3.62. The van der Waals surface area contributed by atoms with Crippen molar-refractivity contribution in [2.45, 2.75) is 19.9 Å². The van der Waals surface area contributed by atoms with Crippen molar-refractivity contribution in [3.05, 3.63) is 71.6 Å². The molecule has 190 valence electrons. The van der Waals surface area contributed by atoms with Gasteiger partial charge in [-0.25, -0.2) is 0 Å². The summed E-state index contributed by atoms with van der Waals surface area (Å²) in [4.78, 5) is 28.6. The number of rotatable bonds is 10. The highest BCUT2D eigenvalue weighted by molar-refractivity contribution is 6.06. The summed E-state index contributed by atoms with van der Waals surface area (Å²) >= 11 is 0. The van der Waals surface area contributed by atoms with E-state index in [1.807, 2.05) is 24.4 Å². The number of aryl methyl sites for hydroxylation is 1. The van der Waals surface area contributed by atoms with Crippen LogP contribution in [0, 0.1) is 0 Å². The number of hydrogen-bond acceptors (Lipinski definition) is 5. The molecule has 36 heavy (non-hydrogen) atoms. The van der Waals surface area contributed by atoms with Gasteiger partial charge in [0, 0.05) is 54.4 Å². The molecule has 2 amide bonds. The second-order valence-electron chi connectivity index (χ2n) is 8.69. The minimum absolute atomic E-state index is 0.209. The van der Waals surface area contributed by atoms with Crippen molar-refractivity contribution in [1.29, 1.82) is 0 Å². The first-order chi connectivity index (χ1) is 17.6. The average Bonchev–Trinajstić information content (AvgIpc) is 3.28. The summed E-state index contributed by atoms with van der Waals surface area (Å²) in [5.74, 6) is -0.00790. The third-order valence-electron chi connectivity index (χ3n) is 6.35. The minimum atomic E-state index is -0.355. The van der Waals surface area contributed by atoms with E-state index in [1.54, 1.807) is 37.5 Å². The first-order valence-electron chi connectivity index (χ1n) is 12.4. The molecule has 1 aliphatic heterocycles. The van der Waals surface area contributed by atoms with E-state index in [0.717, 1.165) is 62.3 Å². The molecule has 0 bridgehead atoms. The van der Waals surface area contributed by atoms with Crippen LogP contribution in [-0.2, 0) is 16.1 Å². The number of hydrogen-bond donors (Lipinski definition) is 2. The molecule has 0 atom stereocenters. The van der Waals surface area contributed by atoms with Gasteiger partial charge in [0.2, 0.25) is 0 Å². The first-order valence-corrected chi connectivity index (χ1v) is 12.4. The van der Waals surface area contributed by atoms with Gasteiger partial charge in [0.05, 0.1) is 20.3 Å². The van der Waals surface area contributed by atoms with E-state index in [0.29, 0.717) is 17.9 Å². The molecule has 1 aromatic heterocycles. The summed E-state index contributed by atoms with van der Waals surface area (Å²) in [5, 5.41) is 6.84. The van der Waals surface area contributed by atoms with E-state index < -0.39 is 0 Å². The third-order valence-corrected chi connectivity index (χ3v) is 6.35. The van der Waals surface area contributed by atoms with Crippen LogP contribution in [0.5, 0.6) is 5.75 Å². The first kappa shape index (κ1) is 25.5. The van der Waals surface area contributed by atoms with Gasteiger partial charge in [-0.2, -0.15) is 0 Å². The van der Waals surface area contributed by atoms with Crippen LogP contribution in [0.25, 0.3) is 17.0 Å². The zero-order valence-electron chi connectivity index (χ0n) is 21.0. The molecule has 2 aromatic carbocycles. The molecule has 0 saturated carbocycles. The molecule has 2 N–H and O–H groups in total. The molecule has 8 heteroatoms. The van der Waals surface area contributed by atoms with E-state index in [2.05, 4.69) is 33.1 Å². The maximum Gasteiger partial charge on any atom is 0.267 e.